The van der Waals surface area contributed by atoms with Crippen LogP contribution < -0.4 is 10.5 Å². The molecule has 3 N–H and O–H groups in total. The maximum Gasteiger partial charge on any atom is 0.229 e. The van der Waals surface area contributed by atoms with Gasteiger partial charge in [0.25, 0.3) is 0 Å². The van der Waals surface area contributed by atoms with Crippen molar-refractivity contribution in [2.75, 3.05) is 11.0 Å². The molecule has 0 saturated heterocycles. The number of nitrogens with two attached hydrogens (primary N) is 1. The minimum Gasteiger partial charge on any atom is -0.327 e. The van der Waals surface area contributed by atoms with E-state index < -0.39 is 10.0 Å². The molecule has 0 radical (unpaired) electrons. The van der Waals surface area contributed by atoms with Crippen molar-refractivity contribution in [3.05, 3.63) is 54.1 Å². The van der Waals surface area contributed by atoms with E-state index in [1.165, 1.54) is 12.0 Å². The smallest absolute Gasteiger partial charge is 0.229 e. The Kier molecular flexibility index (Phi) is 4.41. The Morgan fingerprint density at radius 2 is 1.78 bits per heavy atom. The van der Waals surface area contributed by atoms with Gasteiger partial charge in [-0.1, -0.05) is 42.8 Å². The molecular weight excluding hydrogens is 308 g/mol. The van der Waals surface area contributed by atoms with E-state index >= 15 is 0 Å². The lowest BCUT2D eigenvalue weighted by Gasteiger charge is -2.16. The van der Waals surface area contributed by atoms with Crippen LogP contribution in [0, 0.1) is 0 Å². The van der Waals surface area contributed by atoms with Gasteiger partial charge in [0, 0.05) is 11.7 Å². The number of sulfonamides is 1. The van der Waals surface area contributed by atoms with Crippen molar-refractivity contribution in [1.82, 2.24) is 0 Å². The minimum absolute atomic E-state index is 0.267. The van der Waals surface area contributed by atoms with E-state index in [0.29, 0.717) is 11.6 Å². The second-order valence-electron chi connectivity index (χ2n) is 6.28. The van der Waals surface area contributed by atoms with Crippen molar-refractivity contribution in [3.63, 3.8) is 0 Å². The predicted octanol–water partition coefficient (Wildman–Crippen LogP) is 3.32. The topological polar surface area (TPSA) is 72.2 Å². The monoisotopic (exact) mass is 330 g/mol. The summed E-state index contributed by atoms with van der Waals surface area (Å²) in [7, 11) is -3.26. The zero-order valence-corrected chi connectivity index (χ0v) is 14.0. The van der Waals surface area contributed by atoms with Crippen molar-refractivity contribution in [2.45, 2.75) is 31.2 Å². The standard InChI is InChI=1S/C18H22N2O2S/c1-23(21,22)20-16-5-2-4-15(12-16)13-8-10-14(11-9-13)17-6-3-7-18(17)19/h2,4-5,8-12,17-18,20H,3,6-7,19H2,1H3. The molecule has 2 unspecified atom stereocenters. The van der Waals surface area contributed by atoms with Gasteiger partial charge in [0.15, 0.2) is 0 Å². The molecule has 5 heteroatoms. The molecule has 3 rings (SSSR count). The van der Waals surface area contributed by atoms with E-state index in [1.54, 1.807) is 6.07 Å². The molecule has 1 aliphatic rings. The normalized spacial score (nSPS) is 21.3. The molecule has 0 spiro atoms. The lowest BCUT2D eigenvalue weighted by atomic mass is 9.93. The summed E-state index contributed by atoms with van der Waals surface area (Å²) in [4.78, 5) is 0. The first-order valence-electron chi connectivity index (χ1n) is 7.86. The molecule has 1 aliphatic carbocycles. The summed E-state index contributed by atoms with van der Waals surface area (Å²) in [6, 6.07) is 16.1. The molecule has 2 aromatic rings. The molecule has 122 valence electrons. The van der Waals surface area contributed by atoms with E-state index in [4.69, 9.17) is 5.73 Å². The average molecular weight is 330 g/mol. The number of hydrogen-bond acceptors (Lipinski definition) is 3. The van der Waals surface area contributed by atoms with Crippen LogP contribution in [0.25, 0.3) is 11.1 Å². The molecule has 0 aromatic heterocycles. The minimum atomic E-state index is -3.26. The van der Waals surface area contributed by atoms with Gasteiger partial charge in [0.1, 0.15) is 0 Å². The van der Waals surface area contributed by atoms with Gasteiger partial charge in [-0.05, 0) is 47.6 Å². The molecule has 2 atom stereocenters. The summed E-state index contributed by atoms with van der Waals surface area (Å²) < 4.78 is 25.2. The van der Waals surface area contributed by atoms with Gasteiger partial charge in [-0.2, -0.15) is 0 Å². The van der Waals surface area contributed by atoms with E-state index in [1.807, 2.05) is 18.2 Å². The lowest BCUT2D eigenvalue weighted by molar-refractivity contribution is 0.607. The van der Waals surface area contributed by atoms with Crippen LogP contribution in [-0.4, -0.2) is 20.7 Å². The molecule has 1 fully saturated rings. The fourth-order valence-corrected chi connectivity index (χ4v) is 3.86. The second kappa shape index (κ2) is 6.34. The Morgan fingerprint density at radius 1 is 1.04 bits per heavy atom. The Hall–Kier alpha value is -1.85. The van der Waals surface area contributed by atoms with Gasteiger partial charge in [0.2, 0.25) is 10.0 Å². The van der Waals surface area contributed by atoms with Crippen LogP contribution in [0.15, 0.2) is 48.5 Å². The van der Waals surface area contributed by atoms with Gasteiger partial charge in [-0.25, -0.2) is 8.42 Å². The predicted molar refractivity (Wildman–Crippen MR) is 94.9 cm³/mol. The quantitative estimate of drug-likeness (QED) is 0.903. The summed E-state index contributed by atoms with van der Waals surface area (Å²) in [5.74, 6) is 0.460. The summed E-state index contributed by atoms with van der Waals surface area (Å²) in [6.45, 7) is 0. The number of nitrogens with one attached hydrogen (secondary N) is 1. The Labute approximate surface area is 137 Å². The van der Waals surface area contributed by atoms with E-state index in [2.05, 4.69) is 29.0 Å². The molecule has 1 saturated carbocycles. The maximum absolute atomic E-state index is 11.3. The summed E-state index contributed by atoms with van der Waals surface area (Å²) in [5, 5.41) is 0. The van der Waals surface area contributed by atoms with Gasteiger partial charge >= 0.3 is 0 Å². The number of anilines is 1. The van der Waals surface area contributed by atoms with Crippen molar-refractivity contribution in [3.8, 4) is 11.1 Å². The van der Waals surface area contributed by atoms with Crippen molar-refractivity contribution in [2.24, 2.45) is 5.73 Å². The van der Waals surface area contributed by atoms with Crippen molar-refractivity contribution in [1.29, 1.82) is 0 Å². The first-order valence-corrected chi connectivity index (χ1v) is 9.75. The third-order valence-corrected chi connectivity index (χ3v) is 5.01. The van der Waals surface area contributed by atoms with Crippen molar-refractivity contribution >= 4 is 15.7 Å². The highest BCUT2D eigenvalue weighted by atomic mass is 32.2. The lowest BCUT2D eigenvalue weighted by Crippen LogP contribution is -2.22. The highest BCUT2D eigenvalue weighted by Gasteiger charge is 2.25. The van der Waals surface area contributed by atoms with Crippen LogP contribution >= 0.6 is 0 Å². The van der Waals surface area contributed by atoms with Crippen LogP contribution in [-0.2, 0) is 10.0 Å². The summed E-state index contributed by atoms with van der Waals surface area (Å²) >= 11 is 0. The second-order valence-corrected chi connectivity index (χ2v) is 8.03. The first-order chi connectivity index (χ1) is 10.9. The third-order valence-electron chi connectivity index (χ3n) is 4.41. The first kappa shape index (κ1) is 16.0. The highest BCUT2D eigenvalue weighted by molar-refractivity contribution is 7.92. The molecule has 0 amide bonds. The molecule has 0 heterocycles. The Bertz CT molecular complexity index is 785. The van der Waals surface area contributed by atoms with E-state index in [9.17, 15) is 8.42 Å². The van der Waals surface area contributed by atoms with E-state index in [0.717, 1.165) is 30.2 Å². The van der Waals surface area contributed by atoms with Crippen LogP contribution in [0.4, 0.5) is 5.69 Å². The molecule has 0 bridgehead atoms. The largest absolute Gasteiger partial charge is 0.327 e. The molecule has 23 heavy (non-hydrogen) atoms. The Balaban J connectivity index is 1.83. The van der Waals surface area contributed by atoms with Crippen LogP contribution in [0.1, 0.15) is 30.7 Å². The number of benzene rings is 2. The SMILES string of the molecule is CS(=O)(=O)Nc1cccc(-c2ccc(C3CCCC3N)cc2)c1. The fourth-order valence-electron chi connectivity index (χ4n) is 3.30. The molecule has 2 aromatic carbocycles. The molecule has 0 aliphatic heterocycles. The van der Waals surface area contributed by atoms with Gasteiger partial charge in [-0.15, -0.1) is 0 Å². The molecular formula is C18H22N2O2S. The number of hydrogen-bond donors (Lipinski definition) is 2. The third kappa shape index (κ3) is 3.92. The van der Waals surface area contributed by atoms with Crippen LogP contribution in [0.3, 0.4) is 0 Å². The maximum atomic E-state index is 11.3. The van der Waals surface area contributed by atoms with Gasteiger partial charge in [0.05, 0.1) is 6.26 Å². The Morgan fingerprint density at radius 3 is 2.39 bits per heavy atom. The summed E-state index contributed by atoms with van der Waals surface area (Å²) in [6.07, 6.45) is 4.62. The fraction of sp³-hybridized carbons (Fsp3) is 0.333. The summed E-state index contributed by atoms with van der Waals surface area (Å²) in [5.41, 5.74) is 10.1. The highest BCUT2D eigenvalue weighted by Crippen LogP contribution is 2.34. The van der Waals surface area contributed by atoms with Crippen LogP contribution in [0.2, 0.25) is 0 Å². The van der Waals surface area contributed by atoms with Crippen molar-refractivity contribution < 1.29 is 8.42 Å². The van der Waals surface area contributed by atoms with E-state index in [-0.39, 0.29) is 6.04 Å². The zero-order chi connectivity index (χ0) is 16.4. The van der Waals surface area contributed by atoms with Gasteiger partial charge < -0.3 is 5.73 Å². The van der Waals surface area contributed by atoms with Gasteiger partial charge in [-0.3, -0.25) is 4.72 Å². The average Bonchev–Trinajstić information content (AvgIpc) is 2.92. The molecule has 4 nitrogen and oxygen atoms in total. The number of rotatable bonds is 4. The van der Waals surface area contributed by atoms with Crippen LogP contribution in [0.5, 0.6) is 0 Å². The zero-order valence-electron chi connectivity index (χ0n) is 13.2.